The third-order valence-corrected chi connectivity index (χ3v) is 5.19. The number of nitrogens with one attached hydrogen (secondary N) is 1. The molecule has 0 aliphatic carbocycles. The zero-order chi connectivity index (χ0) is 19.6. The molecular formula is C16H11Cl3FN5OS. The summed E-state index contributed by atoms with van der Waals surface area (Å²) < 4.78 is 14.3. The second-order valence-corrected chi connectivity index (χ2v) is 7.45. The lowest BCUT2D eigenvalue weighted by molar-refractivity contribution is -0.113. The maximum absolute atomic E-state index is 13.0. The van der Waals surface area contributed by atoms with Gasteiger partial charge in [-0.05, 0) is 36.4 Å². The predicted molar refractivity (Wildman–Crippen MR) is 106 cm³/mol. The first-order valence-electron chi connectivity index (χ1n) is 7.39. The Morgan fingerprint density at radius 2 is 1.93 bits per heavy atom. The molecule has 0 aliphatic heterocycles. The number of nitrogen functional groups attached to an aromatic ring is 1. The van der Waals surface area contributed by atoms with Crippen molar-refractivity contribution in [1.29, 1.82) is 0 Å². The number of hydrogen-bond donors (Lipinski definition) is 2. The van der Waals surface area contributed by atoms with Crippen LogP contribution in [0.4, 0.5) is 10.1 Å². The molecule has 11 heteroatoms. The molecule has 6 nitrogen and oxygen atoms in total. The number of rotatable bonds is 5. The van der Waals surface area contributed by atoms with E-state index in [1.165, 1.54) is 16.8 Å². The SMILES string of the molecule is Nn1c(SCC(=O)Nc2ccc(F)cc2Cl)nnc1-c1cc(Cl)ccc1Cl. The second-order valence-electron chi connectivity index (χ2n) is 5.26. The molecule has 0 saturated heterocycles. The van der Waals surface area contributed by atoms with Crippen LogP contribution in [0.5, 0.6) is 0 Å². The third-order valence-electron chi connectivity index (χ3n) is 3.37. The Balaban J connectivity index is 1.69. The molecule has 3 rings (SSSR count). The molecule has 1 aromatic heterocycles. The van der Waals surface area contributed by atoms with E-state index in [0.717, 1.165) is 17.8 Å². The van der Waals surface area contributed by atoms with E-state index in [1.807, 2.05) is 0 Å². The van der Waals surface area contributed by atoms with Gasteiger partial charge in [0.05, 0.1) is 21.5 Å². The Morgan fingerprint density at radius 1 is 1.15 bits per heavy atom. The molecule has 3 N–H and O–H groups in total. The van der Waals surface area contributed by atoms with Crippen LogP contribution >= 0.6 is 46.6 Å². The smallest absolute Gasteiger partial charge is 0.234 e. The van der Waals surface area contributed by atoms with Crippen LogP contribution in [0.3, 0.4) is 0 Å². The quantitative estimate of drug-likeness (QED) is 0.445. The Hall–Kier alpha value is -2.00. The van der Waals surface area contributed by atoms with Crippen molar-refractivity contribution in [3.63, 3.8) is 0 Å². The maximum Gasteiger partial charge on any atom is 0.234 e. The molecule has 140 valence electrons. The predicted octanol–water partition coefficient (Wildman–Crippen LogP) is 4.49. The third kappa shape index (κ3) is 4.65. The van der Waals surface area contributed by atoms with E-state index in [0.29, 0.717) is 32.3 Å². The van der Waals surface area contributed by atoms with Crippen LogP contribution < -0.4 is 11.2 Å². The number of thioether (sulfide) groups is 1. The summed E-state index contributed by atoms with van der Waals surface area (Å²) in [4.78, 5) is 12.1. The molecule has 0 aliphatic rings. The zero-order valence-corrected chi connectivity index (χ0v) is 16.5. The van der Waals surface area contributed by atoms with E-state index in [1.54, 1.807) is 18.2 Å². The molecule has 3 aromatic rings. The number of carbonyl (C=O) groups excluding carboxylic acids is 1. The van der Waals surface area contributed by atoms with E-state index in [-0.39, 0.29) is 16.7 Å². The van der Waals surface area contributed by atoms with Crippen molar-refractivity contribution in [3.05, 3.63) is 57.3 Å². The molecular weight excluding hydrogens is 436 g/mol. The summed E-state index contributed by atoms with van der Waals surface area (Å²) in [5, 5.41) is 11.9. The van der Waals surface area contributed by atoms with Crippen LogP contribution in [0.2, 0.25) is 15.1 Å². The van der Waals surface area contributed by atoms with Crippen LogP contribution in [0.1, 0.15) is 0 Å². The number of nitrogens with two attached hydrogens (primary N) is 1. The highest BCUT2D eigenvalue weighted by molar-refractivity contribution is 7.99. The largest absolute Gasteiger partial charge is 0.335 e. The topological polar surface area (TPSA) is 85.8 Å². The molecule has 2 aromatic carbocycles. The van der Waals surface area contributed by atoms with Crippen LogP contribution in [0.15, 0.2) is 41.6 Å². The average molecular weight is 447 g/mol. The molecule has 0 saturated carbocycles. The number of aromatic nitrogens is 3. The molecule has 1 heterocycles. The number of nitrogens with zero attached hydrogens (tertiary/aromatic N) is 3. The van der Waals surface area contributed by atoms with E-state index >= 15 is 0 Å². The van der Waals surface area contributed by atoms with Gasteiger partial charge in [-0.15, -0.1) is 10.2 Å². The molecule has 0 spiro atoms. The lowest BCUT2D eigenvalue weighted by Gasteiger charge is -2.07. The number of anilines is 1. The molecule has 0 bridgehead atoms. The minimum Gasteiger partial charge on any atom is -0.335 e. The van der Waals surface area contributed by atoms with Crippen molar-refractivity contribution in [1.82, 2.24) is 14.9 Å². The average Bonchev–Trinajstić information content (AvgIpc) is 2.98. The number of carbonyl (C=O) groups is 1. The Bertz CT molecular complexity index is 1010. The van der Waals surface area contributed by atoms with Gasteiger partial charge < -0.3 is 11.2 Å². The van der Waals surface area contributed by atoms with Crippen molar-refractivity contribution >= 4 is 58.2 Å². The highest BCUT2D eigenvalue weighted by atomic mass is 35.5. The van der Waals surface area contributed by atoms with Gasteiger partial charge in [0, 0.05) is 10.6 Å². The summed E-state index contributed by atoms with van der Waals surface area (Å²) in [6, 6.07) is 8.58. The Morgan fingerprint density at radius 3 is 2.67 bits per heavy atom. The fourth-order valence-corrected chi connectivity index (χ4v) is 3.38. The van der Waals surface area contributed by atoms with E-state index in [4.69, 9.17) is 40.6 Å². The first kappa shape index (κ1) is 19.8. The van der Waals surface area contributed by atoms with Gasteiger partial charge in [-0.3, -0.25) is 4.79 Å². The minimum atomic E-state index is -0.490. The van der Waals surface area contributed by atoms with Crippen molar-refractivity contribution in [2.75, 3.05) is 16.9 Å². The van der Waals surface area contributed by atoms with Gasteiger partial charge in [-0.2, -0.15) is 0 Å². The summed E-state index contributed by atoms with van der Waals surface area (Å²) in [7, 11) is 0. The normalized spacial score (nSPS) is 10.8. The molecule has 0 atom stereocenters. The lowest BCUT2D eigenvalue weighted by Crippen LogP contribution is -2.16. The summed E-state index contributed by atoms with van der Waals surface area (Å²) in [6.45, 7) is 0. The van der Waals surface area contributed by atoms with Crippen molar-refractivity contribution in [3.8, 4) is 11.4 Å². The summed E-state index contributed by atoms with van der Waals surface area (Å²) in [5.41, 5.74) is 0.831. The number of benzene rings is 2. The molecule has 0 radical (unpaired) electrons. The summed E-state index contributed by atoms with van der Waals surface area (Å²) >= 11 is 19.1. The van der Waals surface area contributed by atoms with Crippen LogP contribution in [0, 0.1) is 5.82 Å². The van der Waals surface area contributed by atoms with E-state index in [2.05, 4.69) is 15.5 Å². The first-order chi connectivity index (χ1) is 12.8. The highest BCUT2D eigenvalue weighted by Gasteiger charge is 2.17. The molecule has 1 amide bonds. The van der Waals surface area contributed by atoms with Crippen molar-refractivity contribution < 1.29 is 9.18 Å². The Labute approximate surface area is 172 Å². The maximum atomic E-state index is 13.0. The fourth-order valence-electron chi connectivity index (χ4n) is 2.14. The fraction of sp³-hybridized carbons (Fsp3) is 0.0625. The second kappa shape index (κ2) is 8.35. The lowest BCUT2D eigenvalue weighted by atomic mass is 10.2. The first-order valence-corrected chi connectivity index (χ1v) is 9.50. The van der Waals surface area contributed by atoms with Gasteiger partial charge in [0.2, 0.25) is 11.1 Å². The molecule has 0 unspecified atom stereocenters. The Kier molecular flexibility index (Phi) is 6.11. The van der Waals surface area contributed by atoms with Gasteiger partial charge in [0.1, 0.15) is 5.82 Å². The zero-order valence-electron chi connectivity index (χ0n) is 13.4. The summed E-state index contributed by atoms with van der Waals surface area (Å²) in [6.07, 6.45) is 0. The number of hydrogen-bond acceptors (Lipinski definition) is 5. The van der Waals surface area contributed by atoms with E-state index < -0.39 is 5.82 Å². The number of amides is 1. The monoisotopic (exact) mass is 445 g/mol. The number of halogens is 4. The molecule has 0 fully saturated rings. The highest BCUT2D eigenvalue weighted by Crippen LogP contribution is 2.30. The van der Waals surface area contributed by atoms with E-state index in [9.17, 15) is 9.18 Å². The van der Waals surface area contributed by atoms with Gasteiger partial charge in [0.15, 0.2) is 5.82 Å². The minimum absolute atomic E-state index is 0.00762. The van der Waals surface area contributed by atoms with Crippen LogP contribution in [0.25, 0.3) is 11.4 Å². The molecule has 27 heavy (non-hydrogen) atoms. The van der Waals surface area contributed by atoms with Crippen molar-refractivity contribution in [2.45, 2.75) is 5.16 Å². The summed E-state index contributed by atoms with van der Waals surface area (Å²) in [5.74, 6) is 5.46. The van der Waals surface area contributed by atoms with Crippen molar-refractivity contribution in [2.24, 2.45) is 0 Å². The standard InChI is InChI=1S/C16H11Cl3FN5OS/c17-8-1-3-11(18)10(5-8)15-23-24-16(25(15)21)27-7-14(26)22-13-4-2-9(20)6-12(13)19/h1-6H,7,21H2,(H,22,26). The van der Waals surface area contributed by atoms with Gasteiger partial charge in [-0.25, -0.2) is 9.07 Å². The van der Waals surface area contributed by atoms with Gasteiger partial charge >= 0.3 is 0 Å². The van der Waals surface area contributed by atoms with Gasteiger partial charge in [-0.1, -0.05) is 46.6 Å². The van der Waals surface area contributed by atoms with Gasteiger partial charge in [0.25, 0.3) is 0 Å². The van der Waals surface area contributed by atoms with Crippen LogP contribution in [-0.2, 0) is 4.79 Å². The van der Waals surface area contributed by atoms with Crippen LogP contribution in [-0.4, -0.2) is 26.5 Å².